The first-order chi connectivity index (χ1) is 10.4. The fourth-order valence-corrected chi connectivity index (χ4v) is 3.72. The number of amides is 2. The molecule has 1 saturated heterocycles. The third-order valence-electron chi connectivity index (χ3n) is 3.12. The van der Waals surface area contributed by atoms with Gasteiger partial charge in [0.15, 0.2) is 28.0 Å². The quantitative estimate of drug-likeness (QED) is 0.744. The third kappa shape index (κ3) is 4.42. The molecular weight excluding hydrogens is 315 g/mol. The van der Waals surface area contributed by atoms with Crippen molar-refractivity contribution in [2.75, 3.05) is 18.1 Å². The van der Waals surface area contributed by atoms with Crippen LogP contribution in [0.25, 0.3) is 0 Å². The van der Waals surface area contributed by atoms with Crippen molar-refractivity contribution in [1.82, 2.24) is 10.9 Å². The molecule has 0 bridgehead atoms. The predicted octanol–water partition coefficient (Wildman–Crippen LogP) is -0.213. The van der Waals surface area contributed by atoms with Gasteiger partial charge >= 0.3 is 0 Å². The zero-order chi connectivity index (χ0) is 16.2. The summed E-state index contributed by atoms with van der Waals surface area (Å²) in [4.78, 5) is 23.2. The average Bonchev–Trinajstić information content (AvgIpc) is 2.84. The average molecular weight is 330 g/mol. The molecule has 2 amide bonds. The van der Waals surface area contributed by atoms with Gasteiger partial charge in [0.05, 0.1) is 17.4 Å². The summed E-state index contributed by atoms with van der Waals surface area (Å²) in [7, 11) is -3.17. The lowest BCUT2D eigenvalue weighted by molar-refractivity contribution is -0.131. The zero-order valence-corrected chi connectivity index (χ0v) is 12.4. The highest BCUT2D eigenvalue weighted by atomic mass is 32.2. The Morgan fingerprint density at radius 2 is 2.00 bits per heavy atom. The van der Waals surface area contributed by atoms with Gasteiger partial charge in [0.25, 0.3) is 5.91 Å². The molecule has 1 aromatic carbocycles. The summed E-state index contributed by atoms with van der Waals surface area (Å²) < 4.78 is 40.7. The van der Waals surface area contributed by atoms with Gasteiger partial charge in [0.1, 0.15) is 0 Å². The fraction of sp³-hybridized carbons (Fsp3) is 0.385. The minimum Gasteiger partial charge on any atom is -0.481 e. The molecule has 0 radical (unpaired) electrons. The van der Waals surface area contributed by atoms with Crippen molar-refractivity contribution < 1.29 is 27.1 Å². The summed E-state index contributed by atoms with van der Waals surface area (Å²) in [6.07, 6.45) is 0.232. The Bertz CT molecular complexity index is 677. The summed E-state index contributed by atoms with van der Waals surface area (Å²) >= 11 is 0. The minimum absolute atomic E-state index is 0.0323. The number of hydrazine groups is 1. The number of carbonyl (C=O) groups is 2. The SMILES string of the molecule is O=C(COc1ccccc1F)NNC(=O)[C@@H]1CCS(=O)(=O)C1. The molecule has 2 rings (SSSR count). The van der Waals surface area contributed by atoms with Gasteiger partial charge in [0, 0.05) is 0 Å². The Balaban J connectivity index is 1.74. The van der Waals surface area contributed by atoms with Crippen LogP contribution in [0.15, 0.2) is 24.3 Å². The van der Waals surface area contributed by atoms with Gasteiger partial charge in [-0.3, -0.25) is 20.4 Å². The highest BCUT2D eigenvalue weighted by Gasteiger charge is 2.33. The number of rotatable bonds is 4. The van der Waals surface area contributed by atoms with Gasteiger partial charge < -0.3 is 4.74 Å². The molecule has 0 spiro atoms. The van der Waals surface area contributed by atoms with Crippen LogP contribution >= 0.6 is 0 Å². The maximum absolute atomic E-state index is 13.2. The van der Waals surface area contributed by atoms with E-state index in [9.17, 15) is 22.4 Å². The van der Waals surface area contributed by atoms with E-state index in [1.807, 2.05) is 0 Å². The van der Waals surface area contributed by atoms with E-state index in [1.165, 1.54) is 18.2 Å². The molecule has 7 nitrogen and oxygen atoms in total. The first-order valence-electron chi connectivity index (χ1n) is 6.54. The molecule has 0 saturated carbocycles. The van der Waals surface area contributed by atoms with Crippen molar-refractivity contribution >= 4 is 21.7 Å². The molecule has 120 valence electrons. The molecule has 1 aromatic rings. The number of halogens is 1. The largest absolute Gasteiger partial charge is 0.481 e. The van der Waals surface area contributed by atoms with E-state index < -0.39 is 40.0 Å². The van der Waals surface area contributed by atoms with E-state index in [2.05, 4.69) is 10.9 Å². The van der Waals surface area contributed by atoms with Gasteiger partial charge in [-0.2, -0.15) is 0 Å². The molecule has 1 aliphatic heterocycles. The van der Waals surface area contributed by atoms with Crippen LogP contribution in [0.4, 0.5) is 4.39 Å². The molecule has 2 N–H and O–H groups in total. The van der Waals surface area contributed by atoms with E-state index >= 15 is 0 Å². The minimum atomic E-state index is -3.17. The second kappa shape index (κ2) is 6.73. The van der Waals surface area contributed by atoms with E-state index in [4.69, 9.17) is 4.74 Å². The lowest BCUT2D eigenvalue weighted by Crippen LogP contribution is -2.46. The van der Waals surface area contributed by atoms with Gasteiger partial charge in [-0.25, -0.2) is 12.8 Å². The molecule has 0 aromatic heterocycles. The topological polar surface area (TPSA) is 102 Å². The summed E-state index contributed by atoms with van der Waals surface area (Å²) in [5.41, 5.74) is 4.23. The predicted molar refractivity (Wildman–Crippen MR) is 74.9 cm³/mol. The van der Waals surface area contributed by atoms with Crippen LogP contribution in [0.3, 0.4) is 0 Å². The van der Waals surface area contributed by atoms with Crippen LogP contribution in [-0.4, -0.2) is 38.3 Å². The first kappa shape index (κ1) is 16.2. The molecule has 1 heterocycles. The monoisotopic (exact) mass is 330 g/mol. The fourth-order valence-electron chi connectivity index (χ4n) is 1.98. The molecule has 9 heteroatoms. The normalized spacial score (nSPS) is 19.4. The number of nitrogens with one attached hydrogen (secondary N) is 2. The zero-order valence-electron chi connectivity index (χ0n) is 11.5. The lowest BCUT2D eigenvalue weighted by Gasteiger charge is -2.11. The van der Waals surface area contributed by atoms with Crippen molar-refractivity contribution in [3.63, 3.8) is 0 Å². The second-order valence-corrected chi connectivity index (χ2v) is 7.09. The second-order valence-electron chi connectivity index (χ2n) is 4.86. The summed E-state index contributed by atoms with van der Waals surface area (Å²) in [5.74, 6) is -2.85. The van der Waals surface area contributed by atoms with Crippen LogP contribution in [0.5, 0.6) is 5.75 Å². The molecule has 0 unspecified atom stereocenters. The van der Waals surface area contributed by atoms with Gasteiger partial charge in [-0.05, 0) is 18.6 Å². The number of hydrogen-bond acceptors (Lipinski definition) is 5. The van der Waals surface area contributed by atoms with Gasteiger partial charge in [0.2, 0.25) is 5.91 Å². The Kier molecular flexibility index (Phi) is 4.96. The van der Waals surface area contributed by atoms with Gasteiger partial charge in [-0.1, -0.05) is 12.1 Å². The standard InChI is InChI=1S/C13H15FN2O5S/c14-10-3-1-2-4-11(10)21-7-12(17)15-16-13(18)9-5-6-22(19,20)8-9/h1-4,9H,5-8H2,(H,15,17)(H,16,18)/t9-/m1/s1. The summed E-state index contributed by atoms with van der Waals surface area (Å²) in [5, 5.41) is 0. The van der Waals surface area contributed by atoms with Crippen molar-refractivity contribution in [2.45, 2.75) is 6.42 Å². The Labute approximate surface area is 126 Å². The number of ether oxygens (including phenoxy) is 1. The summed E-state index contributed by atoms with van der Waals surface area (Å²) in [6.45, 7) is -0.482. The first-order valence-corrected chi connectivity index (χ1v) is 8.36. The van der Waals surface area contributed by atoms with Crippen molar-refractivity contribution in [3.05, 3.63) is 30.1 Å². The number of benzene rings is 1. The van der Waals surface area contributed by atoms with Crippen molar-refractivity contribution in [3.8, 4) is 5.75 Å². The van der Waals surface area contributed by atoms with Crippen molar-refractivity contribution in [1.29, 1.82) is 0 Å². The highest BCUT2D eigenvalue weighted by Crippen LogP contribution is 2.18. The van der Waals surface area contributed by atoms with Crippen LogP contribution in [0, 0.1) is 11.7 Å². The number of para-hydroxylation sites is 1. The molecule has 1 aliphatic rings. The lowest BCUT2D eigenvalue weighted by atomic mass is 10.1. The van der Waals surface area contributed by atoms with E-state index in [-0.39, 0.29) is 23.7 Å². The third-order valence-corrected chi connectivity index (χ3v) is 4.89. The number of hydrogen-bond donors (Lipinski definition) is 2. The molecule has 22 heavy (non-hydrogen) atoms. The number of carbonyl (C=O) groups excluding carboxylic acids is 2. The van der Waals surface area contributed by atoms with E-state index in [1.54, 1.807) is 6.07 Å². The molecule has 1 fully saturated rings. The van der Waals surface area contributed by atoms with Crippen LogP contribution < -0.4 is 15.6 Å². The Hall–Kier alpha value is -2.16. The molecule has 0 aliphatic carbocycles. The van der Waals surface area contributed by atoms with Gasteiger partial charge in [-0.15, -0.1) is 0 Å². The van der Waals surface area contributed by atoms with Crippen molar-refractivity contribution in [2.24, 2.45) is 5.92 Å². The van der Waals surface area contributed by atoms with E-state index in [0.717, 1.165) is 0 Å². The Morgan fingerprint density at radius 1 is 1.27 bits per heavy atom. The van der Waals surface area contributed by atoms with Crippen LogP contribution in [0.1, 0.15) is 6.42 Å². The highest BCUT2D eigenvalue weighted by molar-refractivity contribution is 7.91. The van der Waals surface area contributed by atoms with E-state index in [0.29, 0.717) is 0 Å². The Morgan fingerprint density at radius 3 is 2.64 bits per heavy atom. The van der Waals surface area contributed by atoms with Crippen LogP contribution in [0.2, 0.25) is 0 Å². The molecule has 1 atom stereocenters. The maximum Gasteiger partial charge on any atom is 0.276 e. The van der Waals surface area contributed by atoms with Crippen LogP contribution in [-0.2, 0) is 19.4 Å². The smallest absolute Gasteiger partial charge is 0.276 e. The molecular formula is C13H15FN2O5S. The number of sulfone groups is 1. The maximum atomic E-state index is 13.2. The summed E-state index contributed by atoms with van der Waals surface area (Å²) in [6, 6.07) is 5.59.